The second kappa shape index (κ2) is 7.08. The number of esters is 1. The number of alkyl halides is 2. The van der Waals surface area contributed by atoms with E-state index in [0.717, 1.165) is 6.42 Å². The summed E-state index contributed by atoms with van der Waals surface area (Å²) in [6, 6.07) is 7.14. The van der Waals surface area contributed by atoms with Crippen LogP contribution in [0.5, 0.6) is 5.75 Å². The summed E-state index contributed by atoms with van der Waals surface area (Å²) in [5.41, 5.74) is -0.969. The summed E-state index contributed by atoms with van der Waals surface area (Å²) in [5.74, 6) is -2.46. The summed E-state index contributed by atoms with van der Waals surface area (Å²) >= 11 is 5.97. The van der Waals surface area contributed by atoms with Gasteiger partial charge in [-0.2, -0.15) is 0 Å². The average molecular weight is 374 g/mol. The minimum absolute atomic E-state index is 0.108. The number of likely N-dealkylation sites (tertiary alicyclic amines) is 1. The van der Waals surface area contributed by atoms with Gasteiger partial charge in [0.2, 0.25) is 5.92 Å². The molecule has 138 valence electrons. The summed E-state index contributed by atoms with van der Waals surface area (Å²) in [6.07, 6.45) is 0.244. The minimum atomic E-state index is -2.70. The number of carbonyl (C=O) groups excluding carboxylic acids is 1. The number of hydrogen-bond acceptors (Lipinski definition) is 4. The zero-order chi connectivity index (χ0) is 18.1. The summed E-state index contributed by atoms with van der Waals surface area (Å²) < 4.78 is 38.1. The van der Waals surface area contributed by atoms with Gasteiger partial charge in [0.15, 0.2) is 0 Å². The number of methoxy groups -OCH3 is 1. The van der Waals surface area contributed by atoms with E-state index in [9.17, 15) is 13.6 Å². The first kappa shape index (κ1) is 18.4. The van der Waals surface area contributed by atoms with Crippen molar-refractivity contribution in [1.29, 1.82) is 0 Å². The molecule has 1 saturated heterocycles. The SMILES string of the molecule is COC(=O)C1(N2CC[C@@H](Oc3cccc(Cl)c3)C2)CCC(F)(F)CC1. The summed E-state index contributed by atoms with van der Waals surface area (Å²) in [5, 5.41) is 0.591. The van der Waals surface area contributed by atoms with Gasteiger partial charge in [-0.1, -0.05) is 17.7 Å². The number of carbonyl (C=O) groups is 1. The van der Waals surface area contributed by atoms with Crippen molar-refractivity contribution in [1.82, 2.24) is 4.90 Å². The van der Waals surface area contributed by atoms with Crippen LogP contribution >= 0.6 is 11.6 Å². The van der Waals surface area contributed by atoms with Crippen LogP contribution in [0, 0.1) is 0 Å². The summed E-state index contributed by atoms with van der Waals surface area (Å²) in [4.78, 5) is 14.4. The molecule has 1 aliphatic carbocycles. The number of ether oxygens (including phenoxy) is 2. The van der Waals surface area contributed by atoms with E-state index in [1.165, 1.54) is 7.11 Å². The van der Waals surface area contributed by atoms with E-state index in [1.807, 2.05) is 17.0 Å². The highest BCUT2D eigenvalue weighted by Gasteiger charge is 2.53. The fourth-order valence-electron chi connectivity index (χ4n) is 3.81. The third-order valence-corrected chi connectivity index (χ3v) is 5.46. The lowest BCUT2D eigenvalue weighted by Crippen LogP contribution is -2.57. The molecule has 1 aromatic rings. The maximum Gasteiger partial charge on any atom is 0.326 e. The van der Waals surface area contributed by atoms with E-state index < -0.39 is 17.4 Å². The van der Waals surface area contributed by atoms with Crippen molar-refractivity contribution in [3.8, 4) is 5.75 Å². The predicted molar refractivity (Wildman–Crippen MR) is 90.2 cm³/mol. The highest BCUT2D eigenvalue weighted by atomic mass is 35.5. The van der Waals surface area contributed by atoms with Crippen LogP contribution in [0.2, 0.25) is 5.02 Å². The van der Waals surface area contributed by atoms with Crippen LogP contribution in [0.3, 0.4) is 0 Å². The molecule has 7 heteroatoms. The fourth-order valence-corrected chi connectivity index (χ4v) is 3.99. The highest BCUT2D eigenvalue weighted by molar-refractivity contribution is 6.30. The van der Waals surface area contributed by atoms with Gasteiger partial charge in [-0.15, -0.1) is 0 Å². The van der Waals surface area contributed by atoms with Gasteiger partial charge < -0.3 is 9.47 Å². The zero-order valence-electron chi connectivity index (χ0n) is 14.1. The normalized spacial score (nSPS) is 25.5. The third kappa shape index (κ3) is 3.90. The van der Waals surface area contributed by atoms with Gasteiger partial charge in [-0.3, -0.25) is 9.69 Å². The van der Waals surface area contributed by atoms with Gasteiger partial charge in [0.25, 0.3) is 0 Å². The molecule has 0 N–H and O–H groups in total. The summed E-state index contributed by atoms with van der Waals surface area (Å²) in [6.45, 7) is 1.12. The Bertz CT molecular complexity index is 631. The van der Waals surface area contributed by atoms with Crippen molar-refractivity contribution < 1.29 is 23.0 Å². The zero-order valence-corrected chi connectivity index (χ0v) is 14.9. The predicted octanol–water partition coefficient (Wildman–Crippen LogP) is 3.91. The molecule has 1 aromatic carbocycles. The van der Waals surface area contributed by atoms with Gasteiger partial charge in [-0.05, 0) is 37.5 Å². The largest absolute Gasteiger partial charge is 0.489 e. The van der Waals surface area contributed by atoms with Crippen molar-refractivity contribution in [3.63, 3.8) is 0 Å². The molecule has 4 nitrogen and oxygen atoms in total. The highest BCUT2D eigenvalue weighted by Crippen LogP contribution is 2.43. The van der Waals surface area contributed by atoms with Crippen LogP contribution in [0.4, 0.5) is 8.78 Å². The Labute approximate surface area is 151 Å². The first-order valence-corrected chi connectivity index (χ1v) is 8.86. The molecule has 0 amide bonds. The van der Waals surface area contributed by atoms with Crippen molar-refractivity contribution >= 4 is 17.6 Å². The molecule has 0 radical (unpaired) electrons. The lowest BCUT2D eigenvalue weighted by molar-refractivity contribution is -0.163. The Morgan fingerprint density at radius 1 is 1.28 bits per heavy atom. The Balaban J connectivity index is 1.70. The average Bonchev–Trinajstić information content (AvgIpc) is 3.03. The van der Waals surface area contributed by atoms with Gasteiger partial charge in [0.05, 0.1) is 7.11 Å². The number of hydrogen-bond donors (Lipinski definition) is 0. The molecular weight excluding hydrogens is 352 g/mol. The molecule has 1 heterocycles. The lowest BCUT2D eigenvalue weighted by Gasteiger charge is -2.43. The van der Waals surface area contributed by atoms with Gasteiger partial charge in [0, 0.05) is 31.0 Å². The van der Waals surface area contributed by atoms with Crippen LogP contribution < -0.4 is 4.74 Å². The van der Waals surface area contributed by atoms with Gasteiger partial charge >= 0.3 is 5.97 Å². The minimum Gasteiger partial charge on any atom is -0.489 e. The monoisotopic (exact) mass is 373 g/mol. The molecule has 3 rings (SSSR count). The van der Waals surface area contributed by atoms with Crippen molar-refractivity contribution in [3.05, 3.63) is 29.3 Å². The van der Waals surface area contributed by atoms with Crippen LogP contribution in [0.15, 0.2) is 24.3 Å². The molecule has 0 spiro atoms. The van der Waals surface area contributed by atoms with E-state index >= 15 is 0 Å². The molecule has 0 aromatic heterocycles. The second-order valence-electron chi connectivity index (χ2n) is 6.81. The van der Waals surface area contributed by atoms with Gasteiger partial charge in [0.1, 0.15) is 17.4 Å². The maximum atomic E-state index is 13.6. The van der Waals surface area contributed by atoms with Gasteiger partial charge in [-0.25, -0.2) is 8.78 Å². The Kier molecular flexibility index (Phi) is 5.21. The number of nitrogens with zero attached hydrogens (tertiary/aromatic N) is 1. The van der Waals surface area contributed by atoms with Crippen molar-refractivity contribution in [2.75, 3.05) is 20.2 Å². The van der Waals surface area contributed by atoms with E-state index in [4.69, 9.17) is 21.1 Å². The van der Waals surface area contributed by atoms with E-state index in [2.05, 4.69) is 0 Å². The fraction of sp³-hybridized carbons (Fsp3) is 0.611. The van der Waals surface area contributed by atoms with Crippen molar-refractivity contribution in [2.24, 2.45) is 0 Å². The van der Waals surface area contributed by atoms with Crippen molar-refractivity contribution in [2.45, 2.75) is 49.7 Å². The Morgan fingerprint density at radius 3 is 2.64 bits per heavy atom. The number of halogens is 3. The molecule has 0 unspecified atom stereocenters. The topological polar surface area (TPSA) is 38.8 Å². The lowest BCUT2D eigenvalue weighted by atomic mass is 9.78. The number of rotatable bonds is 4. The molecule has 1 aliphatic heterocycles. The summed E-state index contributed by atoms with van der Waals surface area (Å²) in [7, 11) is 1.31. The molecule has 1 saturated carbocycles. The smallest absolute Gasteiger partial charge is 0.326 e. The van der Waals surface area contributed by atoms with Crippen LogP contribution in [-0.4, -0.2) is 48.6 Å². The molecule has 1 atom stereocenters. The Hall–Kier alpha value is -1.40. The van der Waals surface area contributed by atoms with E-state index in [0.29, 0.717) is 23.9 Å². The molecular formula is C18H22ClF2NO3. The Morgan fingerprint density at radius 2 is 2.00 bits per heavy atom. The van der Waals surface area contributed by atoms with Crippen LogP contribution in [0.25, 0.3) is 0 Å². The quantitative estimate of drug-likeness (QED) is 0.750. The van der Waals surface area contributed by atoms with E-state index in [1.54, 1.807) is 12.1 Å². The molecule has 2 fully saturated rings. The van der Waals surface area contributed by atoms with E-state index in [-0.39, 0.29) is 31.8 Å². The first-order valence-electron chi connectivity index (χ1n) is 8.48. The number of benzene rings is 1. The first-order chi connectivity index (χ1) is 11.8. The molecule has 0 bridgehead atoms. The maximum absolute atomic E-state index is 13.6. The molecule has 2 aliphatic rings. The molecule has 25 heavy (non-hydrogen) atoms. The standard InChI is InChI=1S/C18H22ClF2NO3/c1-24-16(23)17(6-8-18(20,21)9-7-17)22-10-5-15(12-22)25-14-4-2-3-13(19)11-14/h2-4,11,15H,5-10,12H2,1H3/t15-/m1/s1. The van der Waals surface area contributed by atoms with Crippen LogP contribution in [0.1, 0.15) is 32.1 Å². The second-order valence-corrected chi connectivity index (χ2v) is 7.25. The van der Waals surface area contributed by atoms with Crippen LogP contribution in [-0.2, 0) is 9.53 Å². The third-order valence-electron chi connectivity index (χ3n) is 5.22.